The van der Waals surface area contributed by atoms with Crippen molar-refractivity contribution in [1.82, 2.24) is 0 Å². The van der Waals surface area contributed by atoms with Crippen LogP contribution in [0.1, 0.15) is 124 Å². The van der Waals surface area contributed by atoms with E-state index in [2.05, 4.69) is 172 Å². The van der Waals surface area contributed by atoms with E-state index in [0.717, 1.165) is 55.5 Å². The van der Waals surface area contributed by atoms with Gasteiger partial charge >= 0.3 is 6.18 Å². The molecule has 0 N–H and O–H groups in total. The molecule has 7 aromatic rings. The Labute approximate surface area is 388 Å². The Morgan fingerprint density at radius 2 is 1.03 bits per heavy atom. The van der Waals surface area contributed by atoms with Crippen LogP contribution in [0.3, 0.4) is 0 Å². The summed E-state index contributed by atoms with van der Waals surface area (Å²) in [4.78, 5) is 5.25. The molecule has 7 aromatic carbocycles. The fourth-order valence-corrected chi connectivity index (χ4v) is 14.5. The number of anilines is 4. The summed E-state index contributed by atoms with van der Waals surface area (Å²) in [6, 6.07) is 52.5. The van der Waals surface area contributed by atoms with Gasteiger partial charge in [0, 0.05) is 39.2 Å². The van der Waals surface area contributed by atoms with Gasteiger partial charge < -0.3 is 9.80 Å². The molecule has 0 spiro atoms. The van der Waals surface area contributed by atoms with Gasteiger partial charge in [-0.1, -0.05) is 148 Å². The Kier molecular flexibility index (Phi) is 9.05. The molecule has 2 heterocycles. The highest BCUT2D eigenvalue weighted by Crippen LogP contribution is 2.65. The maximum absolute atomic E-state index is 14.4. The lowest BCUT2D eigenvalue weighted by atomic mass is 9.57. The first-order chi connectivity index (χ1) is 31.7. The van der Waals surface area contributed by atoms with Crippen LogP contribution >= 0.6 is 0 Å². The smallest absolute Gasteiger partial charge is 0.335 e. The van der Waals surface area contributed by atoms with Gasteiger partial charge in [0.25, 0.3) is 0 Å². The highest BCUT2D eigenvalue weighted by atomic mass is 19.4. The molecule has 0 bridgehead atoms. The number of hydrogen-bond donors (Lipinski definition) is 0. The fraction of sp³-hybridized carbons (Fsp3) is 0.344. The van der Waals surface area contributed by atoms with Crippen molar-refractivity contribution >= 4 is 33.5 Å². The van der Waals surface area contributed by atoms with Crippen LogP contribution in [-0.2, 0) is 24.4 Å². The van der Waals surface area contributed by atoms with Gasteiger partial charge in [-0.3, -0.25) is 0 Å². The Hall–Kier alpha value is -5.81. The van der Waals surface area contributed by atoms with Gasteiger partial charge in [-0.05, 0) is 162 Å². The normalized spacial score (nSPS) is 26.2. The highest BCUT2D eigenvalue weighted by Gasteiger charge is 2.57. The lowest BCUT2D eigenvalue weighted by Crippen LogP contribution is -2.60. The Bertz CT molecular complexity index is 3040. The first-order valence-electron chi connectivity index (χ1n) is 24.4. The molecule has 3 aliphatic carbocycles. The molecule has 2 nitrogen and oxygen atoms in total. The van der Waals surface area contributed by atoms with Crippen LogP contribution in [0.4, 0.5) is 35.9 Å². The Balaban J connectivity index is 1.18. The molecule has 4 unspecified atom stereocenters. The molecular weight excluding hydrogens is 818 g/mol. The van der Waals surface area contributed by atoms with Crippen LogP contribution in [0.25, 0.3) is 21.9 Å². The van der Waals surface area contributed by atoms with Crippen molar-refractivity contribution in [2.24, 2.45) is 10.8 Å². The second-order valence-corrected chi connectivity index (χ2v) is 21.7. The van der Waals surface area contributed by atoms with Crippen LogP contribution in [0.2, 0.25) is 0 Å². The largest absolute Gasteiger partial charge is 0.416 e. The van der Waals surface area contributed by atoms with Crippen LogP contribution in [0.15, 0.2) is 146 Å². The Morgan fingerprint density at radius 1 is 0.485 bits per heavy atom. The van der Waals surface area contributed by atoms with Gasteiger partial charge in [-0.15, -0.1) is 0 Å². The summed E-state index contributed by atoms with van der Waals surface area (Å²) in [5, 5.41) is 2.49. The number of aryl methyl sites for hydroxylation is 1. The molecule has 66 heavy (non-hydrogen) atoms. The van der Waals surface area contributed by atoms with Gasteiger partial charge in [0.1, 0.15) is 0 Å². The minimum atomic E-state index is -4.41. The first-order valence-corrected chi connectivity index (χ1v) is 24.4. The van der Waals surface area contributed by atoms with E-state index < -0.39 is 17.2 Å². The van der Waals surface area contributed by atoms with Gasteiger partial charge in [-0.25, -0.2) is 0 Å². The van der Waals surface area contributed by atoms with Crippen LogP contribution in [0, 0.1) is 17.8 Å². The van der Waals surface area contributed by atoms with Crippen molar-refractivity contribution < 1.29 is 13.2 Å². The number of hydrogen-bond acceptors (Lipinski definition) is 2. The summed E-state index contributed by atoms with van der Waals surface area (Å²) >= 11 is 0. The molecule has 2 saturated carbocycles. The summed E-state index contributed by atoms with van der Waals surface area (Å²) < 4.78 is 43.3. The van der Waals surface area contributed by atoms with Crippen molar-refractivity contribution in [1.29, 1.82) is 0 Å². The molecule has 12 rings (SSSR count). The molecule has 5 aliphatic rings. The zero-order valence-corrected chi connectivity index (χ0v) is 39.0. The molecular formula is C61H59F3N2. The lowest BCUT2D eigenvalue weighted by molar-refractivity contribution is -0.137. The van der Waals surface area contributed by atoms with E-state index in [1.165, 1.54) is 98.1 Å². The second kappa shape index (κ2) is 14.3. The van der Waals surface area contributed by atoms with E-state index in [4.69, 9.17) is 0 Å². The topological polar surface area (TPSA) is 6.48 Å². The molecule has 2 fully saturated rings. The molecule has 0 amide bonds. The number of halogens is 3. The van der Waals surface area contributed by atoms with E-state index >= 15 is 0 Å². The Morgan fingerprint density at radius 3 is 1.67 bits per heavy atom. The van der Waals surface area contributed by atoms with Gasteiger partial charge in [0.2, 0.25) is 0 Å². The quantitative estimate of drug-likeness (QED) is 0.174. The summed E-state index contributed by atoms with van der Waals surface area (Å²) in [5.74, 6) is 0. The van der Waals surface area contributed by atoms with Gasteiger partial charge in [-0.2, -0.15) is 13.2 Å². The van der Waals surface area contributed by atoms with Crippen molar-refractivity contribution in [3.05, 3.63) is 190 Å². The zero-order valence-electron chi connectivity index (χ0n) is 39.0. The summed E-state index contributed by atoms with van der Waals surface area (Å²) in [5.41, 5.74) is 13.4. The van der Waals surface area contributed by atoms with Crippen molar-refractivity contribution in [3.8, 4) is 11.1 Å². The van der Waals surface area contributed by atoms with Crippen molar-refractivity contribution in [2.45, 2.75) is 121 Å². The zero-order chi connectivity index (χ0) is 45.4. The lowest BCUT2D eigenvalue weighted by Gasteiger charge is -2.60. The van der Waals surface area contributed by atoms with E-state index in [1.807, 2.05) is 0 Å². The van der Waals surface area contributed by atoms with Crippen LogP contribution < -0.4 is 9.80 Å². The summed E-state index contributed by atoms with van der Waals surface area (Å²) in [7, 11) is 0. The van der Waals surface area contributed by atoms with Gasteiger partial charge in [0.15, 0.2) is 0 Å². The third kappa shape index (κ3) is 5.61. The fourth-order valence-electron chi connectivity index (χ4n) is 14.5. The molecule has 334 valence electrons. The van der Waals surface area contributed by atoms with E-state index in [-0.39, 0.29) is 21.9 Å². The molecule has 0 aromatic heterocycles. The standard InChI is InChI=1S/C61H59F3N2/c1-40-24-28-53-41(34-40)38-57(3)31-15-17-33-59(57,5)66(53)54-37-51-55(48-23-13-12-22-47(48)54)49-27-26-46(36-50(49)60(51,43-18-8-6-9-19-43)44-20-10-7-11-21-44)65-52-29-25-45(61(62,63)64)35-42(52)39-56(2)30-14-16-32-58(56,65)4/h6-13,18-29,34-37H,14-17,30-33,38-39H2,1-5H3. The molecule has 0 saturated heterocycles. The molecule has 5 heteroatoms. The molecule has 0 radical (unpaired) electrons. The summed E-state index contributed by atoms with van der Waals surface area (Å²) in [6.45, 7) is 12.0. The molecule has 2 aliphatic heterocycles. The number of nitrogens with zero attached hydrogens (tertiary/aromatic N) is 2. The van der Waals surface area contributed by atoms with Crippen molar-refractivity contribution in [2.75, 3.05) is 9.80 Å². The molecule has 4 atom stereocenters. The maximum Gasteiger partial charge on any atom is 0.416 e. The number of benzene rings is 7. The van der Waals surface area contributed by atoms with Crippen molar-refractivity contribution in [3.63, 3.8) is 0 Å². The predicted octanol–water partition coefficient (Wildman–Crippen LogP) is 16.6. The minimum Gasteiger partial charge on any atom is -0.335 e. The first kappa shape index (κ1) is 41.6. The second-order valence-electron chi connectivity index (χ2n) is 21.7. The average molecular weight is 877 g/mol. The maximum atomic E-state index is 14.4. The summed E-state index contributed by atoms with van der Waals surface area (Å²) in [6.07, 6.45) is 6.13. The highest BCUT2D eigenvalue weighted by molar-refractivity contribution is 6.10. The SMILES string of the molecule is Cc1ccc2c(c1)CC1(C)CCCCC1(C)N2c1cc2c(c3ccccc13)-c1ccc(N3c4ccc(C(F)(F)F)cc4CC4(C)CCCCC34C)cc1C2(c1ccccc1)c1ccccc1. The van der Waals surface area contributed by atoms with Crippen LogP contribution in [-0.4, -0.2) is 11.1 Å². The van der Waals surface area contributed by atoms with E-state index in [1.54, 1.807) is 6.07 Å². The third-order valence-corrected chi connectivity index (χ3v) is 18.2. The minimum absolute atomic E-state index is 0.0787. The van der Waals surface area contributed by atoms with E-state index in [0.29, 0.717) is 6.42 Å². The average Bonchev–Trinajstić information content (AvgIpc) is 3.60. The predicted molar refractivity (Wildman–Crippen MR) is 266 cm³/mol. The number of rotatable bonds is 4. The third-order valence-electron chi connectivity index (χ3n) is 18.2. The number of alkyl halides is 3. The van der Waals surface area contributed by atoms with E-state index in [9.17, 15) is 13.2 Å². The van der Waals surface area contributed by atoms with Gasteiger partial charge in [0.05, 0.1) is 11.0 Å². The number of fused-ring (bicyclic) bond motifs is 9. The monoisotopic (exact) mass is 876 g/mol. The van der Waals surface area contributed by atoms with Crippen LogP contribution in [0.5, 0.6) is 0 Å².